The second-order valence-electron chi connectivity index (χ2n) is 5.34. The summed E-state index contributed by atoms with van der Waals surface area (Å²) in [6, 6.07) is 0. The van der Waals surface area contributed by atoms with Crippen LogP contribution in [0.25, 0.3) is 0 Å². The highest BCUT2D eigenvalue weighted by Crippen LogP contribution is 2.10. The van der Waals surface area contributed by atoms with E-state index in [4.69, 9.17) is 14.6 Å². The lowest BCUT2D eigenvalue weighted by molar-refractivity contribution is -0.138. The highest BCUT2D eigenvalue weighted by molar-refractivity contribution is 5.68. The van der Waals surface area contributed by atoms with Crippen LogP contribution in [-0.2, 0) is 14.3 Å². The van der Waals surface area contributed by atoms with Gasteiger partial charge in [0.05, 0.1) is 6.42 Å². The van der Waals surface area contributed by atoms with Crippen molar-refractivity contribution in [2.45, 2.75) is 46.1 Å². The van der Waals surface area contributed by atoms with E-state index in [-0.39, 0.29) is 12.3 Å². The summed E-state index contributed by atoms with van der Waals surface area (Å²) in [6.07, 6.45) is 0.0969. The minimum atomic E-state index is -0.859. The third-order valence-electron chi connectivity index (χ3n) is 2.24. The van der Waals surface area contributed by atoms with E-state index in [0.717, 1.165) is 0 Å². The van der Waals surface area contributed by atoms with E-state index in [1.165, 1.54) is 0 Å². The first-order valence-electron chi connectivity index (χ1n) is 6.51. The summed E-state index contributed by atoms with van der Waals surface area (Å²) < 4.78 is 10.3. The van der Waals surface area contributed by atoms with Crippen LogP contribution < -0.4 is 5.32 Å². The van der Waals surface area contributed by atoms with Gasteiger partial charge in [-0.1, -0.05) is 0 Å². The molecule has 6 nitrogen and oxygen atoms in total. The minimum Gasteiger partial charge on any atom is -0.481 e. The van der Waals surface area contributed by atoms with Crippen LogP contribution >= 0.6 is 0 Å². The number of nitrogens with one attached hydrogen (secondary N) is 1. The lowest BCUT2D eigenvalue weighted by Crippen LogP contribution is -2.34. The molecular formula is C13H25NO5. The molecule has 0 aromatic carbocycles. The fourth-order valence-electron chi connectivity index (χ4n) is 1.47. The number of rotatable bonds is 8. The van der Waals surface area contributed by atoms with E-state index in [1.54, 1.807) is 20.8 Å². The Labute approximate surface area is 114 Å². The Kier molecular flexibility index (Phi) is 8.14. The summed E-state index contributed by atoms with van der Waals surface area (Å²) in [4.78, 5) is 22.1. The number of carboxylic acid groups (broad SMARTS) is 1. The number of carboxylic acids is 1. The standard InChI is InChI=1S/C13H25NO5/c1-5-18-9-10(8-11(15)16)6-7-14-12(17)19-13(2,3)4/h10H,5-9H2,1-4H3,(H,14,17)(H,15,16)/t10-/m0/s1. The molecule has 0 heterocycles. The van der Waals surface area contributed by atoms with E-state index in [1.807, 2.05) is 6.92 Å². The van der Waals surface area contributed by atoms with Crippen LogP contribution in [-0.4, -0.2) is 42.5 Å². The molecule has 0 radical (unpaired) electrons. The van der Waals surface area contributed by atoms with Crippen molar-refractivity contribution < 1.29 is 24.2 Å². The normalized spacial score (nSPS) is 12.8. The maximum atomic E-state index is 11.4. The zero-order valence-electron chi connectivity index (χ0n) is 12.2. The molecule has 0 saturated heterocycles. The van der Waals surface area contributed by atoms with Crippen LogP contribution in [0.15, 0.2) is 0 Å². The smallest absolute Gasteiger partial charge is 0.407 e. The molecular weight excluding hydrogens is 250 g/mol. The molecule has 0 spiro atoms. The van der Waals surface area contributed by atoms with Gasteiger partial charge in [-0.25, -0.2) is 4.79 Å². The number of ether oxygens (including phenoxy) is 2. The highest BCUT2D eigenvalue weighted by Gasteiger charge is 2.17. The molecule has 0 fully saturated rings. The molecule has 6 heteroatoms. The summed E-state index contributed by atoms with van der Waals surface area (Å²) in [6.45, 7) is 8.53. The Balaban J connectivity index is 3.97. The molecule has 0 aromatic rings. The minimum absolute atomic E-state index is 0.0377. The molecule has 1 amide bonds. The fourth-order valence-corrected chi connectivity index (χ4v) is 1.47. The maximum absolute atomic E-state index is 11.4. The van der Waals surface area contributed by atoms with Gasteiger partial charge in [0.1, 0.15) is 5.60 Å². The molecule has 0 bridgehead atoms. The fraction of sp³-hybridized carbons (Fsp3) is 0.846. The van der Waals surface area contributed by atoms with Gasteiger partial charge in [-0.05, 0) is 40.0 Å². The monoisotopic (exact) mass is 275 g/mol. The van der Waals surface area contributed by atoms with Crippen molar-refractivity contribution in [3.8, 4) is 0 Å². The first kappa shape index (κ1) is 17.7. The largest absolute Gasteiger partial charge is 0.481 e. The third kappa shape index (κ3) is 11.5. The van der Waals surface area contributed by atoms with E-state index < -0.39 is 17.7 Å². The lowest BCUT2D eigenvalue weighted by atomic mass is 10.0. The Morgan fingerprint density at radius 1 is 1.32 bits per heavy atom. The van der Waals surface area contributed by atoms with Gasteiger partial charge >= 0.3 is 12.1 Å². The van der Waals surface area contributed by atoms with Crippen LogP contribution in [0.1, 0.15) is 40.5 Å². The van der Waals surface area contributed by atoms with Crippen molar-refractivity contribution in [1.82, 2.24) is 5.32 Å². The number of carbonyl (C=O) groups excluding carboxylic acids is 1. The Morgan fingerprint density at radius 2 is 1.95 bits per heavy atom. The first-order valence-corrected chi connectivity index (χ1v) is 6.51. The Bertz CT molecular complexity index is 285. The lowest BCUT2D eigenvalue weighted by Gasteiger charge is -2.20. The van der Waals surface area contributed by atoms with Crippen molar-refractivity contribution in [1.29, 1.82) is 0 Å². The van der Waals surface area contributed by atoms with Crippen molar-refractivity contribution in [3.63, 3.8) is 0 Å². The molecule has 0 saturated carbocycles. The molecule has 2 N–H and O–H groups in total. The van der Waals surface area contributed by atoms with Crippen molar-refractivity contribution >= 4 is 12.1 Å². The SMILES string of the molecule is CCOC[C@@H](CCNC(=O)OC(C)(C)C)CC(=O)O. The predicted molar refractivity (Wildman–Crippen MR) is 71.1 cm³/mol. The Hall–Kier alpha value is -1.30. The summed E-state index contributed by atoms with van der Waals surface area (Å²) in [5, 5.41) is 11.4. The summed E-state index contributed by atoms with van der Waals surface area (Å²) in [5.41, 5.74) is -0.532. The maximum Gasteiger partial charge on any atom is 0.407 e. The molecule has 0 unspecified atom stereocenters. The number of hydrogen-bond donors (Lipinski definition) is 2. The predicted octanol–water partition coefficient (Wildman–Crippen LogP) is 2.03. The van der Waals surface area contributed by atoms with Gasteiger partial charge in [0.25, 0.3) is 0 Å². The molecule has 19 heavy (non-hydrogen) atoms. The molecule has 0 aliphatic heterocycles. The van der Waals surface area contributed by atoms with E-state index >= 15 is 0 Å². The van der Waals surface area contributed by atoms with Gasteiger partial charge in [0, 0.05) is 19.8 Å². The molecule has 0 aliphatic rings. The van der Waals surface area contributed by atoms with E-state index in [2.05, 4.69) is 5.32 Å². The van der Waals surface area contributed by atoms with Gasteiger partial charge in [0.15, 0.2) is 0 Å². The van der Waals surface area contributed by atoms with Crippen LogP contribution in [0.2, 0.25) is 0 Å². The zero-order valence-corrected chi connectivity index (χ0v) is 12.2. The van der Waals surface area contributed by atoms with Crippen LogP contribution in [0.3, 0.4) is 0 Å². The van der Waals surface area contributed by atoms with E-state index in [0.29, 0.717) is 26.2 Å². The summed E-state index contributed by atoms with van der Waals surface area (Å²) in [5.74, 6) is -0.964. The molecule has 112 valence electrons. The average molecular weight is 275 g/mol. The van der Waals surface area contributed by atoms with Crippen LogP contribution in [0, 0.1) is 5.92 Å². The van der Waals surface area contributed by atoms with Crippen LogP contribution in [0.5, 0.6) is 0 Å². The third-order valence-corrected chi connectivity index (χ3v) is 2.24. The molecule has 0 aromatic heterocycles. The van der Waals surface area contributed by atoms with Gasteiger partial charge < -0.3 is 19.9 Å². The summed E-state index contributed by atoms with van der Waals surface area (Å²) >= 11 is 0. The number of hydrogen-bond acceptors (Lipinski definition) is 4. The zero-order chi connectivity index (χ0) is 14.9. The second-order valence-corrected chi connectivity index (χ2v) is 5.34. The van der Waals surface area contributed by atoms with Crippen molar-refractivity contribution in [3.05, 3.63) is 0 Å². The van der Waals surface area contributed by atoms with Gasteiger partial charge in [-0.3, -0.25) is 4.79 Å². The van der Waals surface area contributed by atoms with Crippen molar-refractivity contribution in [2.24, 2.45) is 5.92 Å². The van der Waals surface area contributed by atoms with E-state index in [9.17, 15) is 9.59 Å². The number of alkyl carbamates (subject to hydrolysis) is 1. The molecule has 0 rings (SSSR count). The number of amides is 1. The quantitative estimate of drug-likeness (QED) is 0.708. The topological polar surface area (TPSA) is 84.9 Å². The van der Waals surface area contributed by atoms with Crippen LogP contribution in [0.4, 0.5) is 4.79 Å². The summed E-state index contributed by atoms with van der Waals surface area (Å²) in [7, 11) is 0. The number of carbonyl (C=O) groups is 2. The number of aliphatic carboxylic acids is 1. The highest BCUT2D eigenvalue weighted by atomic mass is 16.6. The molecule has 0 aliphatic carbocycles. The van der Waals surface area contributed by atoms with Crippen molar-refractivity contribution in [2.75, 3.05) is 19.8 Å². The molecule has 1 atom stereocenters. The van der Waals surface area contributed by atoms with Gasteiger partial charge in [-0.2, -0.15) is 0 Å². The van der Waals surface area contributed by atoms with Gasteiger partial charge in [-0.15, -0.1) is 0 Å². The Morgan fingerprint density at radius 3 is 2.42 bits per heavy atom. The second kappa shape index (κ2) is 8.74. The van der Waals surface area contributed by atoms with Gasteiger partial charge in [0.2, 0.25) is 0 Å². The average Bonchev–Trinajstić information content (AvgIpc) is 2.22. The first-order chi connectivity index (χ1) is 8.74.